The van der Waals surface area contributed by atoms with E-state index in [1.165, 1.54) is 18.2 Å². The van der Waals surface area contributed by atoms with Crippen LogP contribution in [0.15, 0.2) is 18.2 Å². The van der Waals surface area contributed by atoms with Gasteiger partial charge in [-0.2, -0.15) is 0 Å². The van der Waals surface area contributed by atoms with Gasteiger partial charge in [-0.3, -0.25) is 4.79 Å². The van der Waals surface area contributed by atoms with Gasteiger partial charge >= 0.3 is 0 Å². The number of amides is 1. The first-order valence-electron chi connectivity index (χ1n) is 7.50. The Labute approximate surface area is 124 Å². The van der Waals surface area contributed by atoms with Gasteiger partial charge in [0, 0.05) is 5.56 Å². The maximum Gasteiger partial charge on any atom is 0.237 e. The number of rotatable bonds is 4. The minimum absolute atomic E-state index is 0.0892. The zero-order valence-corrected chi connectivity index (χ0v) is 12.5. The number of halogens is 2. The van der Waals surface area contributed by atoms with Crippen molar-refractivity contribution in [1.29, 1.82) is 0 Å². The fourth-order valence-corrected chi connectivity index (χ4v) is 2.88. The lowest BCUT2D eigenvalue weighted by Gasteiger charge is -2.30. The highest BCUT2D eigenvalue weighted by Gasteiger charge is 2.27. The van der Waals surface area contributed by atoms with E-state index in [1.807, 2.05) is 0 Å². The largest absolute Gasteiger partial charge is 0.348 e. The molecule has 3 unspecified atom stereocenters. The molecule has 2 N–H and O–H groups in total. The summed E-state index contributed by atoms with van der Waals surface area (Å²) in [6.07, 6.45) is 2.88. The highest BCUT2D eigenvalue weighted by molar-refractivity contribution is 5.82. The van der Waals surface area contributed by atoms with Crippen LogP contribution >= 0.6 is 0 Å². The third kappa shape index (κ3) is 3.79. The first kappa shape index (κ1) is 15.9. The zero-order valence-electron chi connectivity index (χ0n) is 12.5. The second-order valence-electron chi connectivity index (χ2n) is 5.67. The van der Waals surface area contributed by atoms with Crippen LogP contribution in [0.2, 0.25) is 0 Å². The molecule has 0 aromatic heterocycles. The summed E-state index contributed by atoms with van der Waals surface area (Å²) in [6, 6.07) is 2.75. The Kier molecular flexibility index (Phi) is 5.28. The maximum atomic E-state index is 13.7. The molecular weight excluding hydrogens is 274 g/mol. The van der Waals surface area contributed by atoms with Crippen molar-refractivity contribution in [3.8, 4) is 0 Å². The molecule has 1 aromatic carbocycles. The molecule has 0 bridgehead atoms. The summed E-state index contributed by atoms with van der Waals surface area (Å²) in [7, 11) is 0. The quantitative estimate of drug-likeness (QED) is 0.897. The molecule has 1 aliphatic rings. The summed E-state index contributed by atoms with van der Waals surface area (Å²) in [5.74, 6) is -0.928. The van der Waals surface area contributed by atoms with Gasteiger partial charge in [-0.05, 0) is 44.4 Å². The van der Waals surface area contributed by atoms with Crippen LogP contribution in [0.5, 0.6) is 0 Å². The Morgan fingerprint density at radius 2 is 2.10 bits per heavy atom. The van der Waals surface area contributed by atoms with Crippen LogP contribution in [-0.4, -0.2) is 18.5 Å². The Bertz CT molecular complexity index is 487. The van der Waals surface area contributed by atoms with Crippen molar-refractivity contribution in [3.05, 3.63) is 35.4 Å². The highest BCUT2D eigenvalue weighted by atomic mass is 19.1. The molecule has 3 atom stereocenters. The molecular formula is C16H22F2N2O. The number of hydrogen-bond acceptors (Lipinski definition) is 2. The lowest BCUT2D eigenvalue weighted by molar-refractivity contribution is -0.124. The second kappa shape index (κ2) is 6.98. The third-order valence-electron chi connectivity index (χ3n) is 4.20. The van der Waals surface area contributed by atoms with Gasteiger partial charge in [-0.15, -0.1) is 0 Å². The summed E-state index contributed by atoms with van der Waals surface area (Å²) in [4.78, 5) is 12.2. The number of benzene rings is 1. The van der Waals surface area contributed by atoms with Crippen molar-refractivity contribution < 1.29 is 13.6 Å². The molecule has 1 saturated heterocycles. The maximum absolute atomic E-state index is 13.7. The summed E-state index contributed by atoms with van der Waals surface area (Å²) in [5.41, 5.74) is -0.0892. The molecule has 1 aliphatic heterocycles. The van der Waals surface area contributed by atoms with E-state index in [4.69, 9.17) is 0 Å². The van der Waals surface area contributed by atoms with Crippen LogP contribution in [0.4, 0.5) is 8.78 Å². The lowest BCUT2D eigenvalue weighted by atomic mass is 9.90. The third-order valence-corrected chi connectivity index (χ3v) is 4.20. The van der Waals surface area contributed by atoms with E-state index >= 15 is 0 Å². The predicted octanol–water partition coefficient (Wildman–Crippen LogP) is 2.92. The number of carbonyl (C=O) groups excluding carboxylic acids is 1. The van der Waals surface area contributed by atoms with E-state index in [0.717, 1.165) is 25.8 Å². The van der Waals surface area contributed by atoms with Gasteiger partial charge in [0.15, 0.2) is 0 Å². The van der Waals surface area contributed by atoms with E-state index in [0.29, 0.717) is 5.92 Å². The number of piperidine rings is 1. The van der Waals surface area contributed by atoms with Crippen molar-refractivity contribution in [2.45, 2.75) is 45.2 Å². The lowest BCUT2D eigenvalue weighted by Crippen LogP contribution is -2.49. The fraction of sp³-hybridized carbons (Fsp3) is 0.562. The van der Waals surface area contributed by atoms with Gasteiger partial charge in [0.25, 0.3) is 0 Å². The van der Waals surface area contributed by atoms with Gasteiger partial charge in [-0.25, -0.2) is 8.78 Å². The van der Waals surface area contributed by atoms with Crippen molar-refractivity contribution >= 4 is 5.91 Å². The summed E-state index contributed by atoms with van der Waals surface area (Å²) in [5, 5.41) is 5.88. The average molecular weight is 296 g/mol. The molecule has 5 heteroatoms. The summed E-state index contributed by atoms with van der Waals surface area (Å²) < 4.78 is 27.4. The Balaban J connectivity index is 2.02. The molecule has 0 aliphatic carbocycles. The van der Waals surface area contributed by atoms with Crippen LogP contribution in [-0.2, 0) is 4.79 Å². The van der Waals surface area contributed by atoms with Crippen LogP contribution in [0.25, 0.3) is 0 Å². The predicted molar refractivity (Wildman–Crippen MR) is 77.7 cm³/mol. The van der Waals surface area contributed by atoms with Gasteiger partial charge in [0.05, 0.1) is 12.1 Å². The summed E-state index contributed by atoms with van der Waals surface area (Å²) >= 11 is 0. The monoisotopic (exact) mass is 296 g/mol. The zero-order chi connectivity index (χ0) is 15.4. The van der Waals surface area contributed by atoms with E-state index in [9.17, 15) is 13.6 Å². The smallest absolute Gasteiger partial charge is 0.237 e. The van der Waals surface area contributed by atoms with E-state index in [-0.39, 0.29) is 17.5 Å². The molecule has 0 spiro atoms. The van der Waals surface area contributed by atoms with Crippen LogP contribution < -0.4 is 10.6 Å². The molecule has 0 radical (unpaired) electrons. The molecule has 1 amide bonds. The Morgan fingerprint density at radius 3 is 2.71 bits per heavy atom. The van der Waals surface area contributed by atoms with Crippen molar-refractivity contribution in [3.63, 3.8) is 0 Å². The summed E-state index contributed by atoms with van der Waals surface area (Å²) in [6.45, 7) is 4.51. The van der Waals surface area contributed by atoms with Crippen LogP contribution in [0.3, 0.4) is 0 Å². The molecule has 3 nitrogen and oxygen atoms in total. The first-order chi connectivity index (χ1) is 10.0. The normalized spacial score (nSPS) is 23.6. The minimum Gasteiger partial charge on any atom is -0.348 e. The van der Waals surface area contributed by atoms with Crippen LogP contribution in [0, 0.1) is 17.6 Å². The number of nitrogens with one attached hydrogen (secondary N) is 2. The average Bonchev–Trinajstić information content (AvgIpc) is 2.47. The first-order valence-corrected chi connectivity index (χ1v) is 7.50. The Morgan fingerprint density at radius 1 is 1.43 bits per heavy atom. The fourth-order valence-electron chi connectivity index (χ4n) is 2.88. The molecule has 1 fully saturated rings. The van der Waals surface area contributed by atoms with Gasteiger partial charge in [0.1, 0.15) is 11.6 Å². The number of hydrogen-bond donors (Lipinski definition) is 2. The van der Waals surface area contributed by atoms with Crippen molar-refractivity contribution in [2.75, 3.05) is 6.54 Å². The van der Waals surface area contributed by atoms with E-state index in [1.54, 1.807) is 6.92 Å². The van der Waals surface area contributed by atoms with Gasteiger partial charge in [0.2, 0.25) is 5.91 Å². The van der Waals surface area contributed by atoms with Crippen LogP contribution in [0.1, 0.15) is 44.7 Å². The molecule has 2 rings (SSSR count). The van der Waals surface area contributed by atoms with E-state index in [2.05, 4.69) is 17.6 Å². The molecule has 1 heterocycles. The van der Waals surface area contributed by atoms with E-state index < -0.39 is 17.7 Å². The highest BCUT2D eigenvalue weighted by Crippen LogP contribution is 2.22. The standard InChI is InChI=1S/C16H22F2N2O/c1-3-11-7-8-19-14(9-11)16(21)20-10(2)15-12(17)5-4-6-13(15)18/h4-6,10-11,14,19H,3,7-9H2,1-2H3,(H,20,21). The minimum atomic E-state index is -0.692. The Hall–Kier alpha value is -1.49. The molecule has 21 heavy (non-hydrogen) atoms. The van der Waals surface area contributed by atoms with Crippen molar-refractivity contribution in [2.24, 2.45) is 5.92 Å². The molecule has 1 aromatic rings. The number of carbonyl (C=O) groups is 1. The molecule has 116 valence electrons. The van der Waals surface area contributed by atoms with Crippen molar-refractivity contribution in [1.82, 2.24) is 10.6 Å². The van der Waals surface area contributed by atoms with Gasteiger partial charge in [-0.1, -0.05) is 19.4 Å². The van der Waals surface area contributed by atoms with Gasteiger partial charge < -0.3 is 10.6 Å². The topological polar surface area (TPSA) is 41.1 Å². The molecule has 0 saturated carbocycles. The second-order valence-corrected chi connectivity index (χ2v) is 5.67. The SMILES string of the molecule is CCC1CCNC(C(=O)NC(C)c2c(F)cccc2F)C1.